The van der Waals surface area contributed by atoms with Crippen LogP contribution in [0.2, 0.25) is 0 Å². The quantitative estimate of drug-likeness (QED) is 0.406. The lowest BCUT2D eigenvalue weighted by atomic mass is 10.1. The maximum absolute atomic E-state index is 14.6. The zero-order valence-electron chi connectivity index (χ0n) is 19.0. The molecule has 0 unspecified atom stereocenters. The van der Waals surface area contributed by atoms with E-state index in [0.29, 0.717) is 31.1 Å². The van der Waals surface area contributed by atoms with E-state index in [9.17, 15) is 14.4 Å². The van der Waals surface area contributed by atoms with Gasteiger partial charge < -0.3 is 18.6 Å². The fraction of sp³-hybridized carbons (Fsp3) is 0.435. The van der Waals surface area contributed by atoms with E-state index in [1.54, 1.807) is 11.5 Å². The van der Waals surface area contributed by atoms with Crippen LogP contribution in [0.1, 0.15) is 24.2 Å². The van der Waals surface area contributed by atoms with Crippen LogP contribution in [0.5, 0.6) is 0 Å². The van der Waals surface area contributed by atoms with Crippen molar-refractivity contribution in [2.75, 3.05) is 40.0 Å². The SMILES string of the molecule is COC1(c2noc(-c3ncn4c3c(=O)n(CCN3CCOCC3)c3c(C#N)c(F)ccc34)n2)CC1. The topological polar surface area (TPSA) is 124 Å². The highest BCUT2D eigenvalue weighted by Gasteiger charge is 2.49. The summed E-state index contributed by atoms with van der Waals surface area (Å²) in [5, 5.41) is 13.8. The van der Waals surface area contributed by atoms with Crippen LogP contribution in [0.4, 0.5) is 4.39 Å². The summed E-state index contributed by atoms with van der Waals surface area (Å²) in [7, 11) is 1.60. The molecule has 12 heteroatoms. The van der Waals surface area contributed by atoms with Gasteiger partial charge in [0.15, 0.2) is 5.69 Å². The fourth-order valence-corrected chi connectivity index (χ4v) is 4.67. The number of nitrogens with zero attached hydrogens (tertiary/aromatic N) is 7. The minimum absolute atomic E-state index is 0.102. The Balaban J connectivity index is 1.53. The summed E-state index contributed by atoms with van der Waals surface area (Å²) < 4.78 is 34.0. The molecule has 0 bridgehead atoms. The number of hydrogen-bond donors (Lipinski definition) is 0. The van der Waals surface area contributed by atoms with Crippen LogP contribution in [0.15, 0.2) is 27.8 Å². The third-order valence-corrected chi connectivity index (χ3v) is 6.84. The molecule has 35 heavy (non-hydrogen) atoms. The third kappa shape index (κ3) is 3.43. The van der Waals surface area contributed by atoms with Gasteiger partial charge in [-0.1, -0.05) is 5.16 Å². The molecular formula is C23H22FN7O4. The number of methoxy groups -OCH3 is 1. The van der Waals surface area contributed by atoms with Gasteiger partial charge in [0, 0.05) is 33.3 Å². The predicted octanol–water partition coefficient (Wildman–Crippen LogP) is 1.68. The van der Waals surface area contributed by atoms with E-state index < -0.39 is 17.0 Å². The Labute approximate surface area is 198 Å². The molecule has 0 spiro atoms. The van der Waals surface area contributed by atoms with Crippen molar-refractivity contribution in [2.24, 2.45) is 0 Å². The number of aromatic nitrogens is 5. The molecular weight excluding hydrogens is 457 g/mol. The van der Waals surface area contributed by atoms with Crippen LogP contribution >= 0.6 is 0 Å². The van der Waals surface area contributed by atoms with E-state index >= 15 is 0 Å². The van der Waals surface area contributed by atoms with Crippen LogP contribution in [-0.4, -0.2) is 69.0 Å². The molecule has 1 aliphatic carbocycles. The summed E-state index contributed by atoms with van der Waals surface area (Å²) in [4.78, 5) is 24.9. The molecule has 1 saturated heterocycles. The van der Waals surface area contributed by atoms with E-state index in [1.807, 2.05) is 6.07 Å². The van der Waals surface area contributed by atoms with Gasteiger partial charge in [-0.05, 0) is 25.0 Å². The first-order valence-corrected chi connectivity index (χ1v) is 11.4. The van der Waals surface area contributed by atoms with Crippen molar-refractivity contribution >= 4 is 16.6 Å². The highest BCUT2D eigenvalue weighted by molar-refractivity contribution is 5.87. The smallest absolute Gasteiger partial charge is 0.279 e. The average Bonchev–Trinajstić information content (AvgIpc) is 3.30. The van der Waals surface area contributed by atoms with Crippen LogP contribution in [0.25, 0.3) is 28.1 Å². The number of rotatable bonds is 6. The molecule has 2 fully saturated rings. The van der Waals surface area contributed by atoms with Gasteiger partial charge in [-0.2, -0.15) is 10.2 Å². The van der Waals surface area contributed by atoms with Gasteiger partial charge in [0.2, 0.25) is 5.82 Å². The number of ether oxygens (including phenoxy) is 2. The molecule has 2 aliphatic rings. The lowest BCUT2D eigenvalue weighted by Crippen LogP contribution is -2.39. The van der Waals surface area contributed by atoms with Crippen molar-refractivity contribution in [3.05, 3.63) is 46.0 Å². The number of fused-ring (bicyclic) bond motifs is 3. The molecule has 3 aromatic heterocycles. The average molecular weight is 479 g/mol. The Morgan fingerprint density at radius 3 is 2.74 bits per heavy atom. The highest BCUT2D eigenvalue weighted by atomic mass is 19.1. The molecule has 4 heterocycles. The fourth-order valence-electron chi connectivity index (χ4n) is 4.67. The standard InChI is InChI=1S/C23H22FN7O4/c1-33-23(4-5-23)22-27-20(35-28-22)17-19-21(32)30(7-6-29-8-10-34-11-9-29)18-14(12-25)15(24)2-3-16(18)31(19)13-26-17/h2-3,13H,4-11H2,1H3. The van der Waals surface area contributed by atoms with Crippen molar-refractivity contribution in [1.29, 1.82) is 5.26 Å². The zero-order valence-corrected chi connectivity index (χ0v) is 19.0. The number of nitriles is 1. The number of hydrogen-bond acceptors (Lipinski definition) is 9. The molecule has 11 nitrogen and oxygen atoms in total. The van der Waals surface area contributed by atoms with E-state index in [1.165, 1.54) is 23.0 Å². The van der Waals surface area contributed by atoms with Crippen LogP contribution in [0, 0.1) is 17.1 Å². The van der Waals surface area contributed by atoms with E-state index in [0.717, 1.165) is 25.9 Å². The first-order valence-electron chi connectivity index (χ1n) is 11.4. The predicted molar refractivity (Wildman–Crippen MR) is 120 cm³/mol. The third-order valence-electron chi connectivity index (χ3n) is 6.84. The number of benzene rings is 1. The van der Waals surface area contributed by atoms with Crippen molar-refractivity contribution in [1.82, 2.24) is 29.0 Å². The van der Waals surface area contributed by atoms with Gasteiger partial charge in [-0.15, -0.1) is 0 Å². The van der Waals surface area contributed by atoms with Gasteiger partial charge in [0.1, 0.15) is 34.9 Å². The second kappa shape index (κ2) is 8.23. The van der Waals surface area contributed by atoms with Crippen LogP contribution in [0.3, 0.4) is 0 Å². The summed E-state index contributed by atoms with van der Waals surface area (Å²) >= 11 is 0. The van der Waals surface area contributed by atoms with Gasteiger partial charge in [-0.25, -0.2) is 9.37 Å². The van der Waals surface area contributed by atoms with Crippen molar-refractivity contribution in [2.45, 2.75) is 25.0 Å². The van der Waals surface area contributed by atoms with Gasteiger partial charge >= 0.3 is 0 Å². The van der Waals surface area contributed by atoms with Gasteiger partial charge in [0.25, 0.3) is 11.4 Å². The first kappa shape index (κ1) is 21.8. The lowest BCUT2D eigenvalue weighted by Gasteiger charge is -2.27. The largest absolute Gasteiger partial charge is 0.379 e. The minimum atomic E-state index is -0.685. The minimum Gasteiger partial charge on any atom is -0.379 e. The Hall–Kier alpha value is -3.66. The Kier molecular flexibility index (Phi) is 5.14. The Morgan fingerprint density at radius 1 is 1.23 bits per heavy atom. The molecule has 1 aliphatic heterocycles. The normalized spacial score (nSPS) is 17.7. The summed E-state index contributed by atoms with van der Waals surface area (Å²) in [6.07, 6.45) is 3.02. The van der Waals surface area contributed by atoms with Crippen molar-refractivity contribution < 1.29 is 18.4 Å². The maximum Gasteiger partial charge on any atom is 0.279 e. The van der Waals surface area contributed by atoms with Gasteiger partial charge in [0.05, 0.1) is 24.2 Å². The number of imidazole rings is 1. The zero-order chi connectivity index (χ0) is 24.2. The summed E-state index contributed by atoms with van der Waals surface area (Å²) in [5.41, 5.74) is -0.0134. The molecule has 4 aromatic rings. The lowest BCUT2D eigenvalue weighted by molar-refractivity contribution is 0.0364. The second-order valence-electron chi connectivity index (χ2n) is 8.75. The summed E-state index contributed by atoms with van der Waals surface area (Å²) in [6, 6.07) is 4.68. The van der Waals surface area contributed by atoms with Crippen LogP contribution < -0.4 is 5.56 Å². The molecule has 1 aromatic carbocycles. The molecule has 0 amide bonds. The molecule has 0 radical (unpaired) electrons. The molecule has 0 N–H and O–H groups in total. The van der Waals surface area contributed by atoms with E-state index in [4.69, 9.17) is 14.0 Å². The number of halogens is 1. The molecule has 0 atom stereocenters. The molecule has 6 rings (SSSR count). The number of morpholine rings is 1. The monoisotopic (exact) mass is 479 g/mol. The van der Waals surface area contributed by atoms with Crippen molar-refractivity contribution in [3.63, 3.8) is 0 Å². The first-order chi connectivity index (χ1) is 17.1. The Bertz CT molecular complexity index is 1540. The van der Waals surface area contributed by atoms with Crippen LogP contribution in [-0.2, 0) is 21.6 Å². The molecule has 1 saturated carbocycles. The maximum atomic E-state index is 14.6. The Morgan fingerprint density at radius 2 is 2.03 bits per heavy atom. The molecule has 180 valence electrons. The summed E-state index contributed by atoms with van der Waals surface area (Å²) in [6.45, 7) is 3.50. The van der Waals surface area contributed by atoms with E-state index in [-0.39, 0.29) is 34.7 Å². The van der Waals surface area contributed by atoms with E-state index in [2.05, 4.69) is 20.0 Å². The van der Waals surface area contributed by atoms with Crippen molar-refractivity contribution in [3.8, 4) is 17.7 Å². The summed E-state index contributed by atoms with van der Waals surface area (Å²) in [5.74, 6) is -0.168. The van der Waals surface area contributed by atoms with Gasteiger partial charge in [-0.3, -0.25) is 14.1 Å². The highest BCUT2D eigenvalue weighted by Crippen LogP contribution is 2.47. The second-order valence-corrected chi connectivity index (χ2v) is 8.75.